The summed E-state index contributed by atoms with van der Waals surface area (Å²) < 4.78 is 0. The van der Waals surface area contributed by atoms with Crippen LogP contribution in [0.3, 0.4) is 0 Å². The largest absolute Gasteiger partial charge is 0.311 e. The van der Waals surface area contributed by atoms with E-state index < -0.39 is 0 Å². The van der Waals surface area contributed by atoms with Gasteiger partial charge in [0.05, 0.1) is 0 Å². The van der Waals surface area contributed by atoms with Crippen LogP contribution in [0.15, 0.2) is 152 Å². The first kappa shape index (κ1) is 21.4. The zero-order chi connectivity index (χ0) is 24.6. The molecule has 0 N–H and O–H groups in total. The molecule has 0 saturated heterocycles. The first-order valence-corrected chi connectivity index (χ1v) is 12.7. The highest BCUT2D eigenvalue weighted by Gasteiger charge is 2.13. The molecular weight excluding hydrogens is 446 g/mol. The summed E-state index contributed by atoms with van der Waals surface area (Å²) in [6.07, 6.45) is 0. The summed E-state index contributed by atoms with van der Waals surface area (Å²) in [5.41, 5.74) is 5.90. The monoisotopic (exact) mass is 471 g/mol. The van der Waals surface area contributed by atoms with E-state index in [-0.39, 0.29) is 0 Å². The lowest BCUT2D eigenvalue weighted by Gasteiger charge is -2.25. The average Bonchev–Trinajstić information content (AvgIpc) is 2.96. The normalized spacial score (nSPS) is 11.2. The lowest BCUT2D eigenvalue weighted by molar-refractivity contribution is 1.28. The Balaban J connectivity index is 1.34. The third kappa shape index (κ3) is 3.91. The molecule has 0 amide bonds. The van der Waals surface area contributed by atoms with Crippen molar-refractivity contribution in [3.63, 3.8) is 0 Å². The summed E-state index contributed by atoms with van der Waals surface area (Å²) in [5.74, 6) is 0. The molecule has 37 heavy (non-hydrogen) atoms. The van der Waals surface area contributed by atoms with Crippen LogP contribution in [-0.2, 0) is 0 Å². The van der Waals surface area contributed by atoms with Crippen molar-refractivity contribution in [2.45, 2.75) is 0 Å². The van der Waals surface area contributed by atoms with E-state index in [1.807, 2.05) is 0 Å². The molecule has 0 heterocycles. The second-order valence-electron chi connectivity index (χ2n) is 9.48. The van der Waals surface area contributed by atoms with E-state index in [0.717, 1.165) is 17.1 Å². The molecule has 0 bridgehead atoms. The Hall–Kier alpha value is -4.88. The molecule has 1 nitrogen and oxygen atoms in total. The molecule has 0 aliphatic heterocycles. The van der Waals surface area contributed by atoms with E-state index in [9.17, 15) is 0 Å². The molecule has 7 rings (SSSR count). The quantitative estimate of drug-likeness (QED) is 0.231. The van der Waals surface area contributed by atoms with Gasteiger partial charge in [-0.1, -0.05) is 91.0 Å². The zero-order valence-corrected chi connectivity index (χ0v) is 20.4. The Bertz CT molecular complexity index is 1810. The molecule has 7 aromatic carbocycles. The van der Waals surface area contributed by atoms with E-state index in [1.54, 1.807) is 0 Å². The van der Waals surface area contributed by atoms with Gasteiger partial charge >= 0.3 is 0 Å². The van der Waals surface area contributed by atoms with Crippen LogP contribution in [-0.4, -0.2) is 0 Å². The molecule has 7 aromatic rings. The van der Waals surface area contributed by atoms with Gasteiger partial charge < -0.3 is 4.90 Å². The molecule has 0 spiro atoms. The molecule has 0 aromatic heterocycles. The first-order chi connectivity index (χ1) is 18.3. The maximum Gasteiger partial charge on any atom is 0.0462 e. The van der Waals surface area contributed by atoms with Gasteiger partial charge in [-0.05, 0) is 104 Å². The second kappa shape index (κ2) is 8.96. The fraction of sp³-hybridized carbons (Fsp3) is 0. The summed E-state index contributed by atoms with van der Waals surface area (Å²) in [7, 11) is 0. The number of hydrogen-bond acceptors (Lipinski definition) is 1. The number of anilines is 3. The van der Waals surface area contributed by atoms with Gasteiger partial charge in [0.2, 0.25) is 0 Å². The average molecular weight is 472 g/mol. The van der Waals surface area contributed by atoms with Crippen molar-refractivity contribution < 1.29 is 0 Å². The summed E-state index contributed by atoms with van der Waals surface area (Å²) in [6, 6.07) is 54.5. The maximum atomic E-state index is 2.35. The first-order valence-electron chi connectivity index (χ1n) is 12.7. The van der Waals surface area contributed by atoms with Gasteiger partial charge in [0, 0.05) is 17.1 Å². The molecule has 0 saturated carbocycles. The van der Waals surface area contributed by atoms with Crippen molar-refractivity contribution in [2.24, 2.45) is 0 Å². The fourth-order valence-electron chi connectivity index (χ4n) is 5.36. The molecule has 0 aliphatic carbocycles. The SMILES string of the molecule is c1ccc(N(c2ccccc2)c2ccc(-c3cccc4cc5cc6ccccc6cc5cc34)cc2)cc1. The van der Waals surface area contributed by atoms with Gasteiger partial charge in [-0.15, -0.1) is 0 Å². The molecule has 1 heteroatoms. The standard InChI is InChI=1S/C36H25N/c1-3-13-32(14-4-1)37(33-15-5-2-6-16-33)34-20-18-26(19-21-34)35-17-9-12-29-24-30-22-27-10-7-8-11-28(27)23-31(30)25-36(29)35/h1-25H. The number of hydrogen-bond donors (Lipinski definition) is 0. The third-order valence-corrected chi connectivity index (χ3v) is 7.17. The van der Waals surface area contributed by atoms with E-state index in [1.165, 1.54) is 43.4 Å². The molecule has 0 unspecified atom stereocenters. The molecule has 174 valence electrons. The highest BCUT2D eigenvalue weighted by molar-refractivity contribution is 6.08. The Morgan fingerprint density at radius 2 is 0.811 bits per heavy atom. The molecule has 0 aliphatic rings. The summed E-state index contributed by atoms with van der Waals surface area (Å²) in [6.45, 7) is 0. The van der Waals surface area contributed by atoms with Crippen molar-refractivity contribution >= 4 is 49.4 Å². The van der Waals surface area contributed by atoms with Crippen LogP contribution in [0.5, 0.6) is 0 Å². The van der Waals surface area contributed by atoms with Crippen molar-refractivity contribution in [1.82, 2.24) is 0 Å². The third-order valence-electron chi connectivity index (χ3n) is 7.17. The molecule has 0 atom stereocenters. The maximum absolute atomic E-state index is 2.35. The van der Waals surface area contributed by atoms with Gasteiger partial charge in [-0.3, -0.25) is 0 Å². The Morgan fingerprint density at radius 1 is 0.324 bits per heavy atom. The number of benzene rings is 7. The minimum Gasteiger partial charge on any atom is -0.311 e. The van der Waals surface area contributed by atoms with Crippen LogP contribution in [0.1, 0.15) is 0 Å². The van der Waals surface area contributed by atoms with Gasteiger partial charge in [-0.25, -0.2) is 0 Å². The topological polar surface area (TPSA) is 3.24 Å². The smallest absolute Gasteiger partial charge is 0.0462 e. The fourth-order valence-corrected chi connectivity index (χ4v) is 5.36. The summed E-state index contributed by atoms with van der Waals surface area (Å²) >= 11 is 0. The van der Waals surface area contributed by atoms with Crippen LogP contribution in [0.2, 0.25) is 0 Å². The van der Waals surface area contributed by atoms with Crippen molar-refractivity contribution in [3.05, 3.63) is 152 Å². The summed E-state index contributed by atoms with van der Waals surface area (Å²) in [5, 5.41) is 7.65. The minimum atomic E-state index is 1.14. The van der Waals surface area contributed by atoms with E-state index in [2.05, 4.69) is 157 Å². The van der Waals surface area contributed by atoms with Crippen LogP contribution >= 0.6 is 0 Å². The second-order valence-corrected chi connectivity index (χ2v) is 9.48. The lowest BCUT2D eigenvalue weighted by Crippen LogP contribution is -2.09. The highest BCUT2D eigenvalue weighted by Crippen LogP contribution is 2.37. The van der Waals surface area contributed by atoms with Crippen LogP contribution in [0, 0.1) is 0 Å². The Kier molecular flexibility index (Phi) is 5.19. The van der Waals surface area contributed by atoms with Crippen LogP contribution < -0.4 is 4.90 Å². The number of rotatable bonds is 4. The Morgan fingerprint density at radius 3 is 1.43 bits per heavy atom. The van der Waals surface area contributed by atoms with Crippen molar-refractivity contribution in [3.8, 4) is 11.1 Å². The van der Waals surface area contributed by atoms with Crippen LogP contribution in [0.4, 0.5) is 17.1 Å². The van der Waals surface area contributed by atoms with Crippen molar-refractivity contribution in [2.75, 3.05) is 4.90 Å². The Labute approximate surface area is 216 Å². The zero-order valence-electron chi connectivity index (χ0n) is 20.4. The number of nitrogens with zero attached hydrogens (tertiary/aromatic N) is 1. The van der Waals surface area contributed by atoms with Gasteiger partial charge in [0.25, 0.3) is 0 Å². The minimum absolute atomic E-state index is 1.14. The van der Waals surface area contributed by atoms with E-state index in [0.29, 0.717) is 0 Å². The summed E-state index contributed by atoms with van der Waals surface area (Å²) in [4.78, 5) is 2.30. The number of fused-ring (bicyclic) bond motifs is 3. The lowest BCUT2D eigenvalue weighted by atomic mass is 9.94. The molecule has 0 fully saturated rings. The highest BCUT2D eigenvalue weighted by atomic mass is 15.1. The predicted octanol–water partition coefficient (Wildman–Crippen LogP) is 10.3. The van der Waals surface area contributed by atoms with Crippen LogP contribution in [0.25, 0.3) is 43.4 Å². The van der Waals surface area contributed by atoms with Crippen molar-refractivity contribution in [1.29, 1.82) is 0 Å². The molecular formula is C36H25N. The van der Waals surface area contributed by atoms with E-state index >= 15 is 0 Å². The predicted molar refractivity (Wildman–Crippen MR) is 159 cm³/mol. The van der Waals surface area contributed by atoms with Gasteiger partial charge in [0.1, 0.15) is 0 Å². The van der Waals surface area contributed by atoms with E-state index in [4.69, 9.17) is 0 Å². The molecule has 0 radical (unpaired) electrons. The van der Waals surface area contributed by atoms with Gasteiger partial charge in [0.15, 0.2) is 0 Å². The van der Waals surface area contributed by atoms with Gasteiger partial charge in [-0.2, -0.15) is 0 Å². The number of para-hydroxylation sites is 2.